The van der Waals surface area contributed by atoms with Crippen molar-refractivity contribution >= 4 is 32.7 Å². The summed E-state index contributed by atoms with van der Waals surface area (Å²) in [6, 6.07) is 11.1. The number of rotatable bonds is 11. The van der Waals surface area contributed by atoms with Crippen LogP contribution in [0.4, 0.5) is 0 Å². The van der Waals surface area contributed by atoms with E-state index < -0.39 is 27.1 Å². The number of nitrogens with one attached hydrogen (secondary N) is 1. The van der Waals surface area contributed by atoms with Gasteiger partial charge in [-0.25, -0.2) is 13.4 Å². The minimum atomic E-state index is -3.92. The van der Waals surface area contributed by atoms with E-state index in [1.165, 1.54) is 0 Å². The average molecular weight is 655 g/mol. The fourth-order valence-electron chi connectivity index (χ4n) is 4.65. The third-order valence-electron chi connectivity index (χ3n) is 6.84. The Morgan fingerprint density at radius 2 is 1.71 bits per heavy atom. The number of oxazole rings is 1. The van der Waals surface area contributed by atoms with Gasteiger partial charge in [-0.1, -0.05) is 44.5 Å². The number of hydrogen-bond donors (Lipinski definition) is 2. The third-order valence-corrected chi connectivity index (χ3v) is 8.69. The molecular weight excluding hydrogens is 620 g/mol. The molecule has 0 aliphatic heterocycles. The van der Waals surface area contributed by atoms with Crippen molar-refractivity contribution in [3.63, 3.8) is 0 Å². The molecule has 14 heteroatoms. The van der Waals surface area contributed by atoms with Crippen molar-refractivity contribution < 1.29 is 27.4 Å². The van der Waals surface area contributed by atoms with Gasteiger partial charge in [0.15, 0.2) is 5.52 Å². The minimum Gasteiger partial charge on any atom is -0.490 e. The van der Waals surface area contributed by atoms with Gasteiger partial charge in [0.1, 0.15) is 30.1 Å². The number of aryl methyl sites for hydroxylation is 2. The van der Waals surface area contributed by atoms with Gasteiger partial charge in [-0.15, -0.1) is 10.2 Å². The smallest absolute Gasteiger partial charge is 0.254 e. The maximum atomic E-state index is 12.8. The van der Waals surface area contributed by atoms with Crippen LogP contribution in [0.15, 0.2) is 46.0 Å². The SMILES string of the molecule is CCOc1nc(Cc2ccc(Cl)cc2)nc2oc(-c3cc(C)c(OCC(O)CS(=O)(=O)c4nnc(C(C)(C)C)[nH]4)c(C)c3)nc12. The van der Waals surface area contributed by atoms with E-state index in [0.29, 0.717) is 64.0 Å². The predicted molar refractivity (Wildman–Crippen MR) is 169 cm³/mol. The Labute approximate surface area is 266 Å². The summed E-state index contributed by atoms with van der Waals surface area (Å²) in [5, 5.41) is 18.6. The zero-order chi connectivity index (χ0) is 32.5. The average Bonchev–Trinajstić information content (AvgIpc) is 3.63. The Kier molecular flexibility index (Phi) is 9.15. The topological polar surface area (TPSA) is 166 Å². The molecule has 0 aliphatic carbocycles. The van der Waals surface area contributed by atoms with Gasteiger partial charge in [0.2, 0.25) is 26.8 Å². The summed E-state index contributed by atoms with van der Waals surface area (Å²) in [5.41, 5.74) is 3.46. The highest BCUT2D eigenvalue weighted by atomic mass is 35.5. The van der Waals surface area contributed by atoms with Gasteiger partial charge in [0.05, 0.1) is 12.4 Å². The molecule has 0 amide bonds. The number of ether oxygens (including phenoxy) is 2. The summed E-state index contributed by atoms with van der Waals surface area (Å²) in [7, 11) is -3.92. The van der Waals surface area contributed by atoms with E-state index in [4.69, 9.17) is 25.5 Å². The van der Waals surface area contributed by atoms with Crippen LogP contribution in [0.5, 0.6) is 11.6 Å². The van der Waals surface area contributed by atoms with Crippen molar-refractivity contribution in [2.75, 3.05) is 19.0 Å². The molecule has 238 valence electrons. The fraction of sp³-hybridized carbons (Fsp3) is 0.387. The van der Waals surface area contributed by atoms with E-state index in [0.717, 1.165) is 16.7 Å². The second kappa shape index (κ2) is 12.7. The molecule has 1 atom stereocenters. The van der Waals surface area contributed by atoms with Crippen molar-refractivity contribution in [1.82, 2.24) is 30.1 Å². The van der Waals surface area contributed by atoms with Crippen LogP contribution in [-0.4, -0.2) is 68.7 Å². The Morgan fingerprint density at radius 3 is 2.33 bits per heavy atom. The molecule has 3 aromatic heterocycles. The van der Waals surface area contributed by atoms with E-state index in [1.54, 1.807) is 0 Å². The fourth-order valence-corrected chi connectivity index (χ4v) is 5.95. The molecule has 0 spiro atoms. The van der Waals surface area contributed by atoms with E-state index in [-0.39, 0.29) is 11.8 Å². The summed E-state index contributed by atoms with van der Waals surface area (Å²) in [6.07, 6.45) is -0.844. The molecule has 0 fully saturated rings. The zero-order valence-corrected chi connectivity index (χ0v) is 27.5. The first-order chi connectivity index (χ1) is 21.2. The van der Waals surface area contributed by atoms with Gasteiger partial charge < -0.3 is 24.0 Å². The number of aromatic nitrogens is 6. The molecule has 12 nitrogen and oxygen atoms in total. The number of aliphatic hydroxyl groups is 1. The first-order valence-electron chi connectivity index (χ1n) is 14.4. The Bertz CT molecular complexity index is 1910. The van der Waals surface area contributed by atoms with Crippen LogP contribution in [0.25, 0.3) is 22.7 Å². The lowest BCUT2D eigenvalue weighted by Gasteiger charge is -2.16. The van der Waals surface area contributed by atoms with E-state index in [9.17, 15) is 13.5 Å². The largest absolute Gasteiger partial charge is 0.490 e. The van der Waals surface area contributed by atoms with E-state index in [2.05, 4.69) is 30.1 Å². The second-order valence-corrected chi connectivity index (χ2v) is 14.2. The molecule has 0 aliphatic rings. The maximum absolute atomic E-state index is 12.8. The molecule has 0 saturated carbocycles. The number of sulfone groups is 1. The number of nitrogens with zero attached hydrogens (tertiary/aromatic N) is 5. The number of aliphatic hydroxyl groups excluding tert-OH is 1. The van der Waals surface area contributed by atoms with Crippen LogP contribution in [0.2, 0.25) is 5.02 Å². The molecule has 2 aromatic carbocycles. The number of fused-ring (bicyclic) bond motifs is 1. The molecule has 3 heterocycles. The molecule has 2 N–H and O–H groups in total. The summed E-state index contributed by atoms with van der Waals surface area (Å²) >= 11 is 6.02. The minimum absolute atomic E-state index is 0.243. The summed E-state index contributed by atoms with van der Waals surface area (Å²) in [6.45, 7) is 11.4. The quantitative estimate of drug-likeness (QED) is 0.193. The molecule has 5 rings (SSSR count). The maximum Gasteiger partial charge on any atom is 0.254 e. The number of halogens is 1. The lowest BCUT2D eigenvalue weighted by Crippen LogP contribution is -2.28. The molecular formula is C31H35ClN6O6S. The van der Waals surface area contributed by atoms with Gasteiger partial charge in [0, 0.05) is 22.4 Å². The van der Waals surface area contributed by atoms with Crippen LogP contribution in [-0.2, 0) is 21.7 Å². The predicted octanol–water partition coefficient (Wildman–Crippen LogP) is 5.17. The van der Waals surface area contributed by atoms with Gasteiger partial charge in [-0.3, -0.25) is 0 Å². The zero-order valence-electron chi connectivity index (χ0n) is 25.9. The monoisotopic (exact) mass is 654 g/mol. The highest BCUT2D eigenvalue weighted by Crippen LogP contribution is 2.33. The van der Waals surface area contributed by atoms with Gasteiger partial charge >= 0.3 is 0 Å². The standard InChI is InChI=1S/C31H35ClN6O6S/c1-7-42-27-24-28(34-23(33-27)14-19-8-10-21(32)11-9-19)44-26(35-24)20-12-17(2)25(18(3)13-20)43-15-22(39)16-45(40,41)30-36-29(37-38-30)31(4,5)6/h8-13,22,39H,7,14-16H2,1-6H3,(H,36,37,38). The van der Waals surface area contributed by atoms with Crippen molar-refractivity contribution in [2.45, 2.75) is 64.6 Å². The number of hydrogen-bond acceptors (Lipinski definition) is 11. The van der Waals surface area contributed by atoms with E-state index >= 15 is 0 Å². The number of H-pyrrole nitrogens is 1. The van der Waals surface area contributed by atoms with Crippen LogP contribution in [0.3, 0.4) is 0 Å². The molecule has 0 radical (unpaired) electrons. The summed E-state index contributed by atoms with van der Waals surface area (Å²) in [4.78, 5) is 16.6. The molecule has 0 bridgehead atoms. The molecule has 45 heavy (non-hydrogen) atoms. The number of aromatic amines is 1. The van der Waals surface area contributed by atoms with Crippen molar-refractivity contribution in [3.8, 4) is 23.1 Å². The summed E-state index contributed by atoms with van der Waals surface area (Å²) in [5.74, 6) is 1.56. The van der Waals surface area contributed by atoms with Crippen molar-refractivity contribution in [2.24, 2.45) is 0 Å². The lowest BCUT2D eigenvalue weighted by molar-refractivity contribution is 0.124. The number of benzene rings is 2. The highest BCUT2D eigenvalue weighted by Gasteiger charge is 2.27. The Morgan fingerprint density at radius 1 is 1.02 bits per heavy atom. The Hall–Kier alpha value is -4.07. The Balaban J connectivity index is 1.32. The van der Waals surface area contributed by atoms with Gasteiger partial charge in [0.25, 0.3) is 5.71 Å². The summed E-state index contributed by atoms with van der Waals surface area (Å²) < 4.78 is 43.4. The third kappa shape index (κ3) is 7.43. The first kappa shape index (κ1) is 32.3. The molecule has 0 saturated heterocycles. The van der Waals surface area contributed by atoms with Gasteiger partial charge in [-0.05, 0) is 61.7 Å². The van der Waals surface area contributed by atoms with Crippen LogP contribution in [0, 0.1) is 13.8 Å². The highest BCUT2D eigenvalue weighted by molar-refractivity contribution is 7.91. The van der Waals surface area contributed by atoms with Crippen LogP contribution >= 0.6 is 11.6 Å². The van der Waals surface area contributed by atoms with E-state index in [1.807, 2.05) is 77.9 Å². The normalized spacial score (nSPS) is 12.9. The van der Waals surface area contributed by atoms with Crippen molar-refractivity contribution in [1.29, 1.82) is 0 Å². The first-order valence-corrected chi connectivity index (χ1v) is 16.4. The lowest BCUT2D eigenvalue weighted by atomic mass is 9.96. The van der Waals surface area contributed by atoms with Crippen LogP contribution in [0.1, 0.15) is 56.0 Å². The molecule has 5 aromatic rings. The van der Waals surface area contributed by atoms with Gasteiger partial charge in [-0.2, -0.15) is 9.97 Å². The van der Waals surface area contributed by atoms with Crippen LogP contribution < -0.4 is 9.47 Å². The van der Waals surface area contributed by atoms with Crippen molar-refractivity contribution in [3.05, 3.63) is 69.8 Å². The second-order valence-electron chi connectivity index (χ2n) is 11.8. The molecule has 1 unspecified atom stereocenters.